The Bertz CT molecular complexity index is 271. The largest absolute Gasteiger partial charge is 0.400 e. The standard InChI is InChI=1S/C11H24O4S.H3N/c1-5-8-11(4,9-6-2)15-16(12,13)14-10-7-3;/h5-10H2,1-4H3;1H3. The molecule has 0 bridgehead atoms. The van der Waals surface area contributed by atoms with Crippen molar-refractivity contribution in [2.75, 3.05) is 6.61 Å². The van der Waals surface area contributed by atoms with Gasteiger partial charge in [-0.25, -0.2) is 8.37 Å². The van der Waals surface area contributed by atoms with Crippen LogP contribution in [0.4, 0.5) is 0 Å². The van der Waals surface area contributed by atoms with Crippen molar-refractivity contribution in [3.63, 3.8) is 0 Å². The van der Waals surface area contributed by atoms with Gasteiger partial charge in [0.05, 0.1) is 12.2 Å². The molecule has 3 N–H and O–H groups in total. The van der Waals surface area contributed by atoms with E-state index < -0.39 is 16.0 Å². The molecule has 0 saturated heterocycles. The lowest BCUT2D eigenvalue weighted by Gasteiger charge is -2.27. The first-order valence-corrected chi connectivity index (χ1v) is 7.32. The molecule has 0 rings (SSSR count). The van der Waals surface area contributed by atoms with Gasteiger partial charge in [0.2, 0.25) is 0 Å². The third-order valence-electron chi connectivity index (χ3n) is 2.29. The van der Waals surface area contributed by atoms with E-state index in [0.29, 0.717) is 6.42 Å². The highest BCUT2D eigenvalue weighted by Crippen LogP contribution is 2.26. The summed E-state index contributed by atoms with van der Waals surface area (Å²) < 4.78 is 32.9. The SMILES string of the molecule is CCCOS(=O)(=O)OC(C)(CCC)CCC.N. The lowest BCUT2D eigenvalue weighted by Crippen LogP contribution is -2.32. The van der Waals surface area contributed by atoms with Gasteiger partial charge < -0.3 is 6.15 Å². The first-order valence-electron chi connectivity index (χ1n) is 5.99. The van der Waals surface area contributed by atoms with E-state index in [1.54, 1.807) is 0 Å². The van der Waals surface area contributed by atoms with Gasteiger partial charge in [-0.05, 0) is 26.2 Å². The molecule has 6 heteroatoms. The van der Waals surface area contributed by atoms with Crippen LogP contribution in [0.5, 0.6) is 0 Å². The fraction of sp³-hybridized carbons (Fsp3) is 1.00. The molecule has 0 spiro atoms. The van der Waals surface area contributed by atoms with Crippen molar-refractivity contribution >= 4 is 10.4 Å². The van der Waals surface area contributed by atoms with Crippen LogP contribution in [0.25, 0.3) is 0 Å². The molecule has 0 aromatic carbocycles. The minimum atomic E-state index is -3.85. The monoisotopic (exact) mass is 269 g/mol. The van der Waals surface area contributed by atoms with Crippen molar-refractivity contribution in [3.8, 4) is 0 Å². The van der Waals surface area contributed by atoms with Gasteiger partial charge in [0.15, 0.2) is 0 Å². The number of rotatable bonds is 9. The minimum Gasteiger partial charge on any atom is -0.344 e. The maximum absolute atomic E-state index is 11.5. The molecule has 0 aliphatic carbocycles. The fourth-order valence-electron chi connectivity index (χ4n) is 1.72. The van der Waals surface area contributed by atoms with Gasteiger partial charge in [0.1, 0.15) is 0 Å². The summed E-state index contributed by atoms with van der Waals surface area (Å²) in [6.45, 7) is 7.88. The van der Waals surface area contributed by atoms with Crippen molar-refractivity contribution < 1.29 is 16.8 Å². The molecule has 0 unspecified atom stereocenters. The average molecular weight is 269 g/mol. The van der Waals surface area contributed by atoms with Crippen LogP contribution in [0.2, 0.25) is 0 Å². The summed E-state index contributed by atoms with van der Waals surface area (Å²) in [5.74, 6) is 0. The molecule has 0 radical (unpaired) electrons. The van der Waals surface area contributed by atoms with E-state index in [1.165, 1.54) is 0 Å². The Morgan fingerprint density at radius 1 is 1.00 bits per heavy atom. The highest BCUT2D eigenvalue weighted by atomic mass is 32.3. The van der Waals surface area contributed by atoms with Crippen molar-refractivity contribution in [2.45, 2.75) is 65.4 Å². The molecular weight excluding hydrogens is 242 g/mol. The van der Waals surface area contributed by atoms with Gasteiger partial charge in [-0.15, -0.1) is 0 Å². The zero-order valence-electron chi connectivity index (χ0n) is 11.5. The molecule has 0 atom stereocenters. The summed E-state index contributed by atoms with van der Waals surface area (Å²) in [4.78, 5) is 0. The molecule has 0 aliphatic heterocycles. The van der Waals surface area contributed by atoms with E-state index in [0.717, 1.165) is 25.7 Å². The van der Waals surface area contributed by atoms with E-state index in [1.807, 2.05) is 27.7 Å². The molecule has 0 saturated carbocycles. The van der Waals surface area contributed by atoms with Gasteiger partial charge in [0.25, 0.3) is 0 Å². The van der Waals surface area contributed by atoms with Crippen molar-refractivity contribution in [1.82, 2.24) is 6.15 Å². The molecule has 0 amide bonds. The van der Waals surface area contributed by atoms with Crippen LogP contribution in [-0.2, 0) is 18.8 Å². The summed E-state index contributed by atoms with van der Waals surface area (Å²) in [6.07, 6.45) is 3.87. The van der Waals surface area contributed by atoms with Gasteiger partial charge in [-0.2, -0.15) is 8.42 Å². The molecule has 0 aromatic heterocycles. The van der Waals surface area contributed by atoms with E-state index in [-0.39, 0.29) is 12.8 Å². The Balaban J connectivity index is 0. The second-order valence-corrected chi connectivity index (χ2v) is 5.48. The Morgan fingerprint density at radius 2 is 1.47 bits per heavy atom. The molecule has 106 valence electrons. The Kier molecular flexibility index (Phi) is 9.99. The first kappa shape index (κ1) is 19.2. The maximum Gasteiger partial charge on any atom is 0.400 e. The van der Waals surface area contributed by atoms with Crippen LogP contribution in [0.3, 0.4) is 0 Å². The van der Waals surface area contributed by atoms with Crippen LogP contribution in [0.15, 0.2) is 0 Å². The Labute approximate surface area is 106 Å². The zero-order chi connectivity index (χ0) is 12.7. The second-order valence-electron chi connectivity index (χ2n) is 4.26. The van der Waals surface area contributed by atoms with E-state index in [4.69, 9.17) is 8.37 Å². The number of hydrogen-bond acceptors (Lipinski definition) is 5. The summed E-state index contributed by atoms with van der Waals surface area (Å²) in [5.41, 5.74) is -0.629. The molecule has 0 aliphatic rings. The maximum atomic E-state index is 11.5. The Hall–Kier alpha value is -0.170. The smallest absolute Gasteiger partial charge is 0.344 e. The summed E-state index contributed by atoms with van der Waals surface area (Å²) in [5, 5.41) is 0. The van der Waals surface area contributed by atoms with Crippen LogP contribution < -0.4 is 6.15 Å². The van der Waals surface area contributed by atoms with Crippen LogP contribution in [0.1, 0.15) is 59.8 Å². The van der Waals surface area contributed by atoms with Crippen LogP contribution in [-0.4, -0.2) is 20.6 Å². The third kappa shape index (κ3) is 8.54. The fourth-order valence-corrected chi connectivity index (χ4v) is 2.80. The summed E-state index contributed by atoms with van der Waals surface area (Å²) >= 11 is 0. The van der Waals surface area contributed by atoms with E-state index in [2.05, 4.69) is 0 Å². The molecule has 0 heterocycles. The Morgan fingerprint density at radius 3 is 1.82 bits per heavy atom. The first-order chi connectivity index (χ1) is 7.39. The van der Waals surface area contributed by atoms with Gasteiger partial charge in [-0.1, -0.05) is 33.6 Å². The van der Waals surface area contributed by atoms with Crippen LogP contribution >= 0.6 is 0 Å². The lowest BCUT2D eigenvalue weighted by molar-refractivity contribution is 0.0526. The summed E-state index contributed by atoms with van der Waals surface area (Å²) in [7, 11) is -3.85. The zero-order valence-corrected chi connectivity index (χ0v) is 12.3. The van der Waals surface area contributed by atoms with E-state index >= 15 is 0 Å². The van der Waals surface area contributed by atoms with Crippen molar-refractivity contribution in [1.29, 1.82) is 0 Å². The van der Waals surface area contributed by atoms with Crippen molar-refractivity contribution in [2.24, 2.45) is 0 Å². The highest BCUT2D eigenvalue weighted by Gasteiger charge is 2.30. The predicted octanol–water partition coefficient (Wildman–Crippen LogP) is 3.20. The molecule has 5 nitrogen and oxygen atoms in total. The quantitative estimate of drug-likeness (QED) is 0.694. The van der Waals surface area contributed by atoms with Gasteiger partial charge in [-0.3, -0.25) is 0 Å². The lowest BCUT2D eigenvalue weighted by atomic mass is 9.95. The number of hydrogen-bond donors (Lipinski definition) is 1. The molecule has 0 aromatic rings. The molecule has 17 heavy (non-hydrogen) atoms. The van der Waals surface area contributed by atoms with Crippen LogP contribution in [0, 0.1) is 0 Å². The predicted molar refractivity (Wildman–Crippen MR) is 69.5 cm³/mol. The second kappa shape index (κ2) is 8.85. The molecule has 0 fully saturated rings. The van der Waals surface area contributed by atoms with Crippen molar-refractivity contribution in [3.05, 3.63) is 0 Å². The average Bonchev–Trinajstić information content (AvgIpc) is 2.14. The van der Waals surface area contributed by atoms with Gasteiger partial charge in [0, 0.05) is 0 Å². The minimum absolute atomic E-state index is 0. The third-order valence-corrected chi connectivity index (χ3v) is 3.35. The summed E-state index contributed by atoms with van der Waals surface area (Å²) in [6, 6.07) is 0. The topological polar surface area (TPSA) is 87.6 Å². The normalized spacial score (nSPS) is 12.2. The van der Waals surface area contributed by atoms with E-state index in [9.17, 15) is 8.42 Å². The van der Waals surface area contributed by atoms with Gasteiger partial charge >= 0.3 is 10.4 Å². The highest BCUT2D eigenvalue weighted by molar-refractivity contribution is 7.81. The molecular formula is C11H27NO4S.